The molecule has 1 atom stereocenters. The molecule has 1 saturated heterocycles. The summed E-state index contributed by atoms with van der Waals surface area (Å²) in [6.45, 7) is 3.90. The normalized spacial score (nSPS) is 19.2. The molecular weight excluding hydrogens is 212 g/mol. The number of hydrogen-bond donors (Lipinski definition) is 2. The molecule has 94 valence electrons. The van der Waals surface area contributed by atoms with Gasteiger partial charge in [-0.15, -0.1) is 0 Å². The van der Waals surface area contributed by atoms with Gasteiger partial charge in [-0.3, -0.25) is 11.3 Å². The van der Waals surface area contributed by atoms with Crippen LogP contribution < -0.4 is 11.3 Å². The first-order valence-corrected chi connectivity index (χ1v) is 6.40. The van der Waals surface area contributed by atoms with E-state index in [1.807, 2.05) is 0 Å². The molecule has 17 heavy (non-hydrogen) atoms. The van der Waals surface area contributed by atoms with E-state index in [4.69, 9.17) is 10.6 Å². The fourth-order valence-corrected chi connectivity index (χ4v) is 2.41. The Morgan fingerprint density at radius 3 is 2.53 bits per heavy atom. The van der Waals surface area contributed by atoms with Gasteiger partial charge in [0.05, 0.1) is 0 Å². The Kier molecular flexibility index (Phi) is 4.54. The van der Waals surface area contributed by atoms with Crippen LogP contribution >= 0.6 is 0 Å². The molecule has 0 bridgehead atoms. The highest BCUT2D eigenvalue weighted by Gasteiger charge is 2.19. The minimum atomic E-state index is 0.263. The van der Waals surface area contributed by atoms with Crippen molar-refractivity contribution in [3.05, 3.63) is 35.4 Å². The Labute approximate surface area is 103 Å². The third-order valence-corrected chi connectivity index (χ3v) is 3.59. The molecular formula is C14H22N2O. The average molecular weight is 234 g/mol. The van der Waals surface area contributed by atoms with Crippen molar-refractivity contribution in [3.63, 3.8) is 0 Å². The van der Waals surface area contributed by atoms with Gasteiger partial charge in [-0.05, 0) is 37.7 Å². The van der Waals surface area contributed by atoms with Crippen molar-refractivity contribution in [2.24, 2.45) is 11.8 Å². The maximum absolute atomic E-state index is 5.68. The van der Waals surface area contributed by atoms with Gasteiger partial charge in [-0.2, -0.15) is 0 Å². The molecule has 1 aliphatic heterocycles. The van der Waals surface area contributed by atoms with Crippen LogP contribution in [0, 0.1) is 12.8 Å². The molecule has 1 aromatic rings. The Morgan fingerprint density at radius 1 is 1.29 bits per heavy atom. The quantitative estimate of drug-likeness (QED) is 0.621. The molecule has 0 radical (unpaired) electrons. The summed E-state index contributed by atoms with van der Waals surface area (Å²) in [5.74, 6) is 6.41. The minimum absolute atomic E-state index is 0.263. The topological polar surface area (TPSA) is 47.3 Å². The largest absolute Gasteiger partial charge is 0.381 e. The summed E-state index contributed by atoms with van der Waals surface area (Å²) in [6, 6.07) is 8.88. The number of hydrazine groups is 1. The highest BCUT2D eigenvalue weighted by molar-refractivity contribution is 5.24. The Morgan fingerprint density at radius 2 is 1.94 bits per heavy atom. The summed E-state index contributed by atoms with van der Waals surface area (Å²) >= 11 is 0. The first-order valence-electron chi connectivity index (χ1n) is 6.40. The van der Waals surface area contributed by atoms with Crippen LogP contribution in [-0.2, 0) is 4.74 Å². The summed E-state index contributed by atoms with van der Waals surface area (Å²) in [4.78, 5) is 0. The molecule has 0 aromatic heterocycles. The van der Waals surface area contributed by atoms with E-state index in [2.05, 4.69) is 36.6 Å². The zero-order valence-electron chi connectivity index (χ0n) is 10.5. The van der Waals surface area contributed by atoms with Crippen LogP contribution in [0.4, 0.5) is 0 Å². The Balaban J connectivity index is 1.97. The van der Waals surface area contributed by atoms with Crippen molar-refractivity contribution in [2.75, 3.05) is 13.2 Å². The number of ether oxygens (including phenoxy) is 1. The molecule has 1 aromatic carbocycles. The van der Waals surface area contributed by atoms with Gasteiger partial charge in [0.15, 0.2) is 0 Å². The van der Waals surface area contributed by atoms with E-state index in [1.54, 1.807) is 0 Å². The summed E-state index contributed by atoms with van der Waals surface area (Å²) in [7, 11) is 0. The van der Waals surface area contributed by atoms with Crippen LogP contribution in [0.5, 0.6) is 0 Å². The average Bonchev–Trinajstić information content (AvgIpc) is 2.38. The SMILES string of the molecule is Cc1ccc(C(CC2CCOCC2)NN)cc1. The maximum Gasteiger partial charge on any atom is 0.0468 e. The summed E-state index contributed by atoms with van der Waals surface area (Å²) in [5, 5.41) is 0. The van der Waals surface area contributed by atoms with Crippen LogP contribution in [0.3, 0.4) is 0 Å². The first-order chi connectivity index (χ1) is 8.29. The van der Waals surface area contributed by atoms with E-state index in [0.29, 0.717) is 0 Å². The van der Waals surface area contributed by atoms with Crippen molar-refractivity contribution in [1.82, 2.24) is 5.43 Å². The van der Waals surface area contributed by atoms with Crippen molar-refractivity contribution >= 4 is 0 Å². The number of rotatable bonds is 4. The third kappa shape index (κ3) is 3.53. The molecule has 0 spiro atoms. The number of nitrogens with two attached hydrogens (primary N) is 1. The highest BCUT2D eigenvalue weighted by Crippen LogP contribution is 2.27. The molecule has 0 amide bonds. The van der Waals surface area contributed by atoms with Gasteiger partial charge < -0.3 is 4.74 Å². The fraction of sp³-hybridized carbons (Fsp3) is 0.571. The van der Waals surface area contributed by atoms with Gasteiger partial charge in [0.25, 0.3) is 0 Å². The fourth-order valence-electron chi connectivity index (χ4n) is 2.41. The second-order valence-electron chi connectivity index (χ2n) is 4.92. The Bertz CT molecular complexity index is 331. The molecule has 1 heterocycles. The summed E-state index contributed by atoms with van der Waals surface area (Å²) < 4.78 is 5.38. The number of benzene rings is 1. The maximum atomic E-state index is 5.68. The van der Waals surface area contributed by atoms with Crippen LogP contribution in [-0.4, -0.2) is 13.2 Å². The summed E-state index contributed by atoms with van der Waals surface area (Å²) in [5.41, 5.74) is 5.51. The van der Waals surface area contributed by atoms with Crippen LogP contribution in [0.2, 0.25) is 0 Å². The molecule has 1 unspecified atom stereocenters. The van der Waals surface area contributed by atoms with Crippen molar-refractivity contribution in [2.45, 2.75) is 32.2 Å². The van der Waals surface area contributed by atoms with E-state index in [0.717, 1.165) is 38.4 Å². The molecule has 3 nitrogen and oxygen atoms in total. The zero-order valence-corrected chi connectivity index (χ0v) is 10.5. The first kappa shape index (κ1) is 12.6. The monoisotopic (exact) mass is 234 g/mol. The van der Waals surface area contributed by atoms with E-state index >= 15 is 0 Å². The predicted molar refractivity (Wildman–Crippen MR) is 69.4 cm³/mol. The van der Waals surface area contributed by atoms with Crippen molar-refractivity contribution in [1.29, 1.82) is 0 Å². The van der Waals surface area contributed by atoms with E-state index < -0.39 is 0 Å². The van der Waals surface area contributed by atoms with Gasteiger partial charge in [0.1, 0.15) is 0 Å². The standard InChI is InChI=1S/C14H22N2O/c1-11-2-4-13(5-3-11)14(16-15)10-12-6-8-17-9-7-12/h2-5,12,14,16H,6-10,15H2,1H3. The van der Waals surface area contributed by atoms with Crippen molar-refractivity contribution < 1.29 is 4.74 Å². The van der Waals surface area contributed by atoms with Crippen LogP contribution in [0.15, 0.2) is 24.3 Å². The number of nitrogens with one attached hydrogen (secondary N) is 1. The molecule has 2 rings (SSSR count). The molecule has 3 heteroatoms. The molecule has 0 aliphatic carbocycles. The Hall–Kier alpha value is -0.900. The minimum Gasteiger partial charge on any atom is -0.381 e. The van der Waals surface area contributed by atoms with Crippen LogP contribution in [0.25, 0.3) is 0 Å². The smallest absolute Gasteiger partial charge is 0.0468 e. The number of aryl methyl sites for hydroxylation is 1. The molecule has 1 fully saturated rings. The summed E-state index contributed by atoms with van der Waals surface area (Å²) in [6.07, 6.45) is 3.41. The lowest BCUT2D eigenvalue weighted by Gasteiger charge is -2.26. The predicted octanol–water partition coefficient (Wildman–Crippen LogP) is 2.32. The van der Waals surface area contributed by atoms with Crippen LogP contribution in [0.1, 0.15) is 36.4 Å². The lowest BCUT2D eigenvalue weighted by molar-refractivity contribution is 0.0605. The lowest BCUT2D eigenvalue weighted by Crippen LogP contribution is -2.31. The lowest BCUT2D eigenvalue weighted by atomic mass is 9.89. The number of hydrogen-bond acceptors (Lipinski definition) is 3. The highest BCUT2D eigenvalue weighted by atomic mass is 16.5. The third-order valence-electron chi connectivity index (χ3n) is 3.59. The second kappa shape index (κ2) is 6.15. The van der Waals surface area contributed by atoms with E-state index in [9.17, 15) is 0 Å². The zero-order chi connectivity index (χ0) is 12.1. The van der Waals surface area contributed by atoms with E-state index in [1.165, 1.54) is 11.1 Å². The van der Waals surface area contributed by atoms with Gasteiger partial charge in [-0.25, -0.2) is 0 Å². The van der Waals surface area contributed by atoms with Gasteiger partial charge in [0, 0.05) is 19.3 Å². The molecule has 0 saturated carbocycles. The van der Waals surface area contributed by atoms with Gasteiger partial charge >= 0.3 is 0 Å². The molecule has 1 aliphatic rings. The molecule has 3 N–H and O–H groups in total. The van der Waals surface area contributed by atoms with E-state index in [-0.39, 0.29) is 6.04 Å². The van der Waals surface area contributed by atoms with Crippen molar-refractivity contribution in [3.8, 4) is 0 Å². The van der Waals surface area contributed by atoms with Gasteiger partial charge in [-0.1, -0.05) is 29.8 Å². The van der Waals surface area contributed by atoms with Gasteiger partial charge in [0.2, 0.25) is 0 Å². The second-order valence-corrected chi connectivity index (χ2v) is 4.92.